The maximum atomic E-state index is 12.8. The molecule has 0 radical (unpaired) electrons. The Hall–Kier alpha value is -3.32. The van der Waals surface area contributed by atoms with Crippen molar-refractivity contribution < 1.29 is 39.3 Å². The molecule has 13 heteroatoms. The first kappa shape index (κ1) is 28.7. The number of benzene rings is 1. The predicted molar refractivity (Wildman–Crippen MR) is 124 cm³/mol. The SMILES string of the molecule is CC(C)C(NC(=O)C(CS)NC(=O)C(N)CC(=O)O)C(=O)NC(Cc1ccc(O)cc1)C(=O)O. The van der Waals surface area contributed by atoms with Gasteiger partial charge in [-0.05, 0) is 23.6 Å². The Kier molecular flexibility index (Phi) is 11.3. The van der Waals surface area contributed by atoms with Gasteiger partial charge < -0.3 is 37.0 Å². The number of hydrogen-bond donors (Lipinski definition) is 8. The molecule has 4 unspecified atom stereocenters. The quantitative estimate of drug-likeness (QED) is 0.154. The molecular weight excluding hydrogens is 468 g/mol. The second kappa shape index (κ2) is 13.4. The van der Waals surface area contributed by atoms with Gasteiger partial charge in [0.25, 0.3) is 0 Å². The van der Waals surface area contributed by atoms with Crippen LogP contribution in [0.3, 0.4) is 0 Å². The second-order valence-corrected chi connectivity index (χ2v) is 8.31. The molecule has 0 heterocycles. The maximum Gasteiger partial charge on any atom is 0.326 e. The summed E-state index contributed by atoms with van der Waals surface area (Å²) in [5.74, 6) is -5.57. The molecule has 0 bridgehead atoms. The van der Waals surface area contributed by atoms with Crippen molar-refractivity contribution in [2.24, 2.45) is 11.7 Å². The fraction of sp³-hybridized carbons (Fsp3) is 0.476. The zero-order valence-electron chi connectivity index (χ0n) is 18.7. The minimum absolute atomic E-state index is 0.0111. The van der Waals surface area contributed by atoms with Gasteiger partial charge in [-0.3, -0.25) is 19.2 Å². The zero-order valence-corrected chi connectivity index (χ0v) is 19.6. The van der Waals surface area contributed by atoms with Gasteiger partial charge in [0.05, 0.1) is 12.5 Å². The van der Waals surface area contributed by atoms with Crippen LogP contribution in [0.4, 0.5) is 0 Å². The number of aliphatic carboxylic acids is 2. The van der Waals surface area contributed by atoms with Gasteiger partial charge in [0.15, 0.2) is 0 Å². The van der Waals surface area contributed by atoms with Gasteiger partial charge in [0, 0.05) is 12.2 Å². The van der Waals surface area contributed by atoms with Gasteiger partial charge in [-0.2, -0.15) is 12.6 Å². The van der Waals surface area contributed by atoms with Crippen molar-refractivity contribution in [1.29, 1.82) is 0 Å². The lowest BCUT2D eigenvalue weighted by Gasteiger charge is -2.26. The lowest BCUT2D eigenvalue weighted by Crippen LogP contribution is -2.59. The Bertz CT molecular complexity index is 893. The van der Waals surface area contributed by atoms with Crippen LogP contribution >= 0.6 is 12.6 Å². The highest BCUT2D eigenvalue weighted by atomic mass is 32.1. The molecule has 1 aromatic rings. The Balaban J connectivity index is 2.87. The molecule has 188 valence electrons. The van der Waals surface area contributed by atoms with E-state index in [1.807, 2.05) is 0 Å². The number of hydrogen-bond acceptors (Lipinski definition) is 8. The molecule has 3 amide bonds. The summed E-state index contributed by atoms with van der Waals surface area (Å²) < 4.78 is 0. The van der Waals surface area contributed by atoms with Gasteiger partial charge in [0.2, 0.25) is 17.7 Å². The number of phenolic OH excluding ortho intramolecular Hbond substituents is 1. The van der Waals surface area contributed by atoms with Crippen LogP contribution in [0.1, 0.15) is 25.8 Å². The van der Waals surface area contributed by atoms with E-state index in [-0.39, 0.29) is 17.9 Å². The molecule has 0 aliphatic carbocycles. The van der Waals surface area contributed by atoms with Crippen LogP contribution < -0.4 is 21.7 Å². The molecule has 0 aliphatic rings. The number of carboxylic acids is 2. The van der Waals surface area contributed by atoms with Crippen LogP contribution in [-0.2, 0) is 30.4 Å². The van der Waals surface area contributed by atoms with Crippen LogP contribution in [0, 0.1) is 5.92 Å². The van der Waals surface area contributed by atoms with Crippen molar-refractivity contribution in [3.05, 3.63) is 29.8 Å². The number of carbonyl (C=O) groups excluding carboxylic acids is 3. The van der Waals surface area contributed by atoms with Crippen LogP contribution in [0.25, 0.3) is 0 Å². The first-order valence-corrected chi connectivity index (χ1v) is 11.0. The average molecular weight is 499 g/mol. The molecule has 0 saturated carbocycles. The molecule has 0 aliphatic heterocycles. The summed E-state index contributed by atoms with van der Waals surface area (Å²) in [6.45, 7) is 3.27. The van der Waals surface area contributed by atoms with Gasteiger partial charge in [-0.25, -0.2) is 4.79 Å². The zero-order chi connectivity index (χ0) is 26.0. The lowest BCUT2D eigenvalue weighted by atomic mass is 10.0. The van der Waals surface area contributed by atoms with Crippen LogP contribution in [-0.4, -0.2) is 74.9 Å². The third kappa shape index (κ3) is 9.27. The lowest BCUT2D eigenvalue weighted by molar-refractivity contribution is -0.142. The summed E-state index contributed by atoms with van der Waals surface area (Å²) in [5.41, 5.74) is 6.05. The van der Waals surface area contributed by atoms with E-state index < -0.39 is 66.2 Å². The molecule has 0 spiro atoms. The van der Waals surface area contributed by atoms with Gasteiger partial charge in [-0.1, -0.05) is 26.0 Å². The molecule has 0 fully saturated rings. The van der Waals surface area contributed by atoms with E-state index >= 15 is 0 Å². The second-order valence-electron chi connectivity index (χ2n) is 7.95. The fourth-order valence-electron chi connectivity index (χ4n) is 2.87. The van der Waals surface area contributed by atoms with Crippen molar-refractivity contribution in [2.75, 3.05) is 5.75 Å². The smallest absolute Gasteiger partial charge is 0.326 e. The van der Waals surface area contributed by atoms with E-state index in [1.54, 1.807) is 13.8 Å². The highest BCUT2D eigenvalue weighted by molar-refractivity contribution is 7.80. The van der Waals surface area contributed by atoms with E-state index in [4.69, 9.17) is 10.8 Å². The number of amides is 3. The Morgan fingerprint density at radius 1 is 0.912 bits per heavy atom. The molecule has 34 heavy (non-hydrogen) atoms. The molecule has 1 aromatic carbocycles. The van der Waals surface area contributed by atoms with Gasteiger partial charge in [0.1, 0.15) is 23.9 Å². The minimum Gasteiger partial charge on any atom is -0.508 e. The van der Waals surface area contributed by atoms with E-state index in [0.717, 1.165) is 0 Å². The molecule has 0 aromatic heterocycles. The van der Waals surface area contributed by atoms with E-state index in [9.17, 15) is 34.2 Å². The van der Waals surface area contributed by atoms with Crippen molar-refractivity contribution in [3.63, 3.8) is 0 Å². The number of nitrogens with one attached hydrogen (secondary N) is 3. The van der Waals surface area contributed by atoms with E-state index in [0.29, 0.717) is 5.56 Å². The summed E-state index contributed by atoms with van der Waals surface area (Å²) in [6.07, 6.45) is -0.696. The monoisotopic (exact) mass is 498 g/mol. The number of phenols is 1. The summed E-state index contributed by atoms with van der Waals surface area (Å²) in [6, 6.07) is 0.793. The topological polar surface area (TPSA) is 208 Å². The summed E-state index contributed by atoms with van der Waals surface area (Å²) in [7, 11) is 0. The third-order valence-corrected chi connectivity index (χ3v) is 5.15. The molecule has 1 rings (SSSR count). The molecule has 0 saturated heterocycles. The third-order valence-electron chi connectivity index (χ3n) is 4.78. The van der Waals surface area contributed by atoms with E-state index in [1.165, 1.54) is 24.3 Å². The van der Waals surface area contributed by atoms with Crippen molar-refractivity contribution in [2.45, 2.75) is 50.9 Å². The summed E-state index contributed by atoms with van der Waals surface area (Å²) in [4.78, 5) is 59.9. The number of nitrogens with two attached hydrogens (primary N) is 1. The number of rotatable bonds is 13. The molecular formula is C21H30N4O8S. The Morgan fingerprint density at radius 2 is 1.47 bits per heavy atom. The summed E-state index contributed by atoms with van der Waals surface area (Å²) in [5, 5.41) is 34.8. The predicted octanol–water partition coefficient (Wildman–Crippen LogP) is -1.14. The van der Waals surface area contributed by atoms with Crippen molar-refractivity contribution >= 4 is 42.3 Å². The number of thiol groups is 1. The highest BCUT2D eigenvalue weighted by Crippen LogP contribution is 2.12. The largest absolute Gasteiger partial charge is 0.508 e. The van der Waals surface area contributed by atoms with Crippen molar-refractivity contribution in [1.82, 2.24) is 16.0 Å². The molecule has 8 N–H and O–H groups in total. The minimum atomic E-state index is -1.38. The fourth-order valence-corrected chi connectivity index (χ4v) is 3.13. The summed E-state index contributed by atoms with van der Waals surface area (Å²) >= 11 is 4.01. The molecule has 12 nitrogen and oxygen atoms in total. The highest BCUT2D eigenvalue weighted by Gasteiger charge is 2.31. The molecule has 4 atom stereocenters. The average Bonchev–Trinajstić information content (AvgIpc) is 2.75. The van der Waals surface area contributed by atoms with Crippen molar-refractivity contribution in [3.8, 4) is 5.75 Å². The number of aromatic hydroxyl groups is 1. The Labute approximate surface area is 201 Å². The maximum absolute atomic E-state index is 12.8. The van der Waals surface area contributed by atoms with Crippen LogP contribution in [0.2, 0.25) is 0 Å². The number of carbonyl (C=O) groups is 5. The standard InChI is InChI=1S/C21H30N4O8S/c1-10(2)17(25-19(30)15(9-34)24-18(29)13(22)8-16(27)28)20(31)23-14(21(32)33)7-11-3-5-12(26)6-4-11/h3-6,10,13-15,17,26,34H,7-9,22H2,1-2H3,(H,23,31)(H,24,29)(H,25,30)(H,27,28)(H,32,33). The van der Waals surface area contributed by atoms with Gasteiger partial charge in [-0.15, -0.1) is 0 Å². The Morgan fingerprint density at radius 3 is 1.94 bits per heavy atom. The first-order valence-electron chi connectivity index (χ1n) is 10.4. The van der Waals surface area contributed by atoms with E-state index in [2.05, 4.69) is 28.6 Å². The number of carboxylic acid groups (broad SMARTS) is 2. The van der Waals surface area contributed by atoms with Gasteiger partial charge >= 0.3 is 11.9 Å². The van der Waals surface area contributed by atoms with Crippen LogP contribution in [0.15, 0.2) is 24.3 Å². The van der Waals surface area contributed by atoms with Crippen LogP contribution in [0.5, 0.6) is 5.75 Å². The normalized spacial score (nSPS) is 14.4. The first-order chi connectivity index (χ1) is 15.8.